The topological polar surface area (TPSA) is 75.6 Å². The monoisotopic (exact) mass is 286 g/mol. The van der Waals surface area contributed by atoms with Gasteiger partial charge in [-0.05, 0) is 26.0 Å². The van der Waals surface area contributed by atoms with Crippen LogP contribution in [-0.2, 0) is 0 Å². The predicted molar refractivity (Wildman–Crippen MR) is 80.9 cm³/mol. The highest BCUT2D eigenvalue weighted by Gasteiger charge is 2.31. The maximum absolute atomic E-state index is 12.4. The molecule has 3 rings (SSSR count). The van der Waals surface area contributed by atoms with Crippen LogP contribution in [0.1, 0.15) is 13.8 Å². The number of aromatic nitrogens is 1. The predicted octanol–water partition coefficient (Wildman–Crippen LogP) is 2.57. The third-order valence-electron chi connectivity index (χ3n) is 3.64. The number of carbonyl (C=O) groups excluding carboxylic acids is 1. The second-order valence-electron chi connectivity index (χ2n) is 5.39. The highest BCUT2D eigenvalue weighted by atomic mass is 16.5. The van der Waals surface area contributed by atoms with Crippen LogP contribution in [0, 0.1) is 0 Å². The number of carbonyl (C=O) groups is 1. The van der Waals surface area contributed by atoms with Gasteiger partial charge >= 0.3 is 6.03 Å². The van der Waals surface area contributed by atoms with Gasteiger partial charge < -0.3 is 15.2 Å². The van der Waals surface area contributed by atoms with E-state index in [1.807, 2.05) is 43.0 Å². The van der Waals surface area contributed by atoms with Crippen molar-refractivity contribution in [2.24, 2.45) is 0 Å². The first kappa shape index (κ1) is 13.5. The van der Waals surface area contributed by atoms with Crippen molar-refractivity contribution in [1.82, 2.24) is 10.1 Å². The Balaban J connectivity index is 1.89. The van der Waals surface area contributed by atoms with Gasteiger partial charge in [0.15, 0.2) is 11.6 Å². The number of rotatable bonds is 3. The minimum absolute atomic E-state index is 0.0410. The largest absolute Gasteiger partial charge is 0.381 e. The van der Waals surface area contributed by atoms with Crippen LogP contribution in [0.15, 0.2) is 34.9 Å². The van der Waals surface area contributed by atoms with Gasteiger partial charge in [-0.3, -0.25) is 4.90 Å². The third kappa shape index (κ3) is 2.44. The Kier molecular flexibility index (Phi) is 3.29. The zero-order chi connectivity index (χ0) is 15.0. The average Bonchev–Trinajstić information content (AvgIpc) is 3.05. The van der Waals surface area contributed by atoms with Gasteiger partial charge in [0.05, 0.1) is 0 Å². The van der Waals surface area contributed by atoms with Gasteiger partial charge in [-0.1, -0.05) is 17.3 Å². The number of urea groups is 1. The molecule has 2 aromatic rings. The molecule has 1 saturated heterocycles. The molecule has 6 nitrogen and oxygen atoms in total. The fraction of sp³-hybridized carbons (Fsp3) is 0.333. The highest BCUT2D eigenvalue weighted by molar-refractivity contribution is 5.94. The summed E-state index contributed by atoms with van der Waals surface area (Å²) in [6.45, 7) is 5.49. The number of amides is 2. The first-order chi connectivity index (χ1) is 10.1. The lowest BCUT2D eigenvalue weighted by molar-refractivity contribution is 0.209. The lowest BCUT2D eigenvalue weighted by Gasteiger charge is -2.21. The van der Waals surface area contributed by atoms with E-state index in [1.54, 1.807) is 11.0 Å². The molecule has 0 radical (unpaired) electrons. The fourth-order valence-corrected chi connectivity index (χ4v) is 2.52. The van der Waals surface area contributed by atoms with E-state index in [0.717, 1.165) is 17.8 Å². The van der Waals surface area contributed by atoms with E-state index in [2.05, 4.69) is 5.16 Å². The Morgan fingerprint density at radius 3 is 2.71 bits per heavy atom. The minimum atomic E-state index is 0.0410. The van der Waals surface area contributed by atoms with Gasteiger partial charge in [-0.25, -0.2) is 4.79 Å². The number of nitrogens with zero attached hydrogens (tertiary/aromatic N) is 3. The summed E-state index contributed by atoms with van der Waals surface area (Å²) in [6, 6.07) is 9.57. The molecule has 1 aliphatic rings. The number of nitrogen functional groups attached to an aromatic ring is 1. The standard InChI is InChI=1S/C15H18N4O2/c1-10(2)18-6-7-19(15(18)20)12-5-3-4-11(8-12)13-9-14(16)17-21-13/h3-5,8-10H,6-7H2,1-2H3,(H2,16,17). The normalized spacial score (nSPS) is 15.3. The number of anilines is 2. The molecule has 0 unspecified atom stereocenters. The third-order valence-corrected chi connectivity index (χ3v) is 3.64. The van der Waals surface area contributed by atoms with Crippen LogP contribution in [0.3, 0.4) is 0 Å². The summed E-state index contributed by atoms with van der Waals surface area (Å²) in [4.78, 5) is 16.0. The summed E-state index contributed by atoms with van der Waals surface area (Å²) in [5.74, 6) is 0.945. The Bertz CT molecular complexity index is 665. The Hall–Kier alpha value is -2.50. The molecule has 0 atom stereocenters. The number of nitrogens with two attached hydrogens (primary N) is 1. The molecule has 1 fully saturated rings. The fourth-order valence-electron chi connectivity index (χ4n) is 2.52. The van der Waals surface area contributed by atoms with Crippen molar-refractivity contribution < 1.29 is 9.32 Å². The molecule has 1 aromatic heterocycles. The van der Waals surface area contributed by atoms with E-state index >= 15 is 0 Å². The minimum Gasteiger partial charge on any atom is -0.381 e. The molecule has 0 saturated carbocycles. The summed E-state index contributed by atoms with van der Waals surface area (Å²) < 4.78 is 5.17. The van der Waals surface area contributed by atoms with Gasteiger partial charge in [-0.15, -0.1) is 0 Å². The summed E-state index contributed by atoms with van der Waals surface area (Å²) >= 11 is 0. The molecule has 0 bridgehead atoms. The Morgan fingerprint density at radius 2 is 2.10 bits per heavy atom. The molecule has 2 N–H and O–H groups in total. The number of hydrogen-bond donors (Lipinski definition) is 1. The zero-order valence-electron chi connectivity index (χ0n) is 12.1. The van der Waals surface area contributed by atoms with Crippen molar-refractivity contribution in [1.29, 1.82) is 0 Å². The van der Waals surface area contributed by atoms with Crippen molar-refractivity contribution in [3.05, 3.63) is 30.3 Å². The first-order valence-corrected chi connectivity index (χ1v) is 6.97. The highest BCUT2D eigenvalue weighted by Crippen LogP contribution is 2.28. The molecule has 1 aromatic carbocycles. The number of benzene rings is 1. The van der Waals surface area contributed by atoms with Crippen molar-refractivity contribution in [2.75, 3.05) is 23.7 Å². The molecule has 0 spiro atoms. The molecule has 2 amide bonds. The Morgan fingerprint density at radius 1 is 1.29 bits per heavy atom. The van der Waals surface area contributed by atoms with Crippen molar-refractivity contribution in [3.8, 4) is 11.3 Å². The SMILES string of the molecule is CC(C)N1CCN(c2cccc(-c3cc(N)no3)c2)C1=O. The van der Waals surface area contributed by atoms with E-state index in [-0.39, 0.29) is 12.1 Å². The summed E-state index contributed by atoms with van der Waals surface area (Å²) in [5, 5.41) is 3.68. The summed E-state index contributed by atoms with van der Waals surface area (Å²) in [6.07, 6.45) is 0. The maximum atomic E-state index is 12.4. The zero-order valence-corrected chi connectivity index (χ0v) is 12.1. The molecule has 6 heteroatoms. The van der Waals surface area contributed by atoms with Gasteiger partial charge in [0.2, 0.25) is 0 Å². The van der Waals surface area contributed by atoms with Crippen LogP contribution in [0.2, 0.25) is 0 Å². The summed E-state index contributed by atoms with van der Waals surface area (Å²) in [5.41, 5.74) is 7.28. The van der Waals surface area contributed by atoms with Crippen LogP contribution >= 0.6 is 0 Å². The molecule has 21 heavy (non-hydrogen) atoms. The van der Waals surface area contributed by atoms with E-state index in [1.165, 1.54) is 0 Å². The maximum Gasteiger partial charge on any atom is 0.324 e. The van der Waals surface area contributed by atoms with E-state index in [4.69, 9.17) is 10.3 Å². The first-order valence-electron chi connectivity index (χ1n) is 6.97. The van der Waals surface area contributed by atoms with E-state index < -0.39 is 0 Å². The smallest absolute Gasteiger partial charge is 0.324 e. The molecule has 1 aliphatic heterocycles. The van der Waals surface area contributed by atoms with Crippen molar-refractivity contribution >= 4 is 17.5 Å². The molecular formula is C15H18N4O2. The van der Waals surface area contributed by atoms with E-state index in [9.17, 15) is 4.79 Å². The lowest BCUT2D eigenvalue weighted by Crippen LogP contribution is -2.36. The molecule has 0 aliphatic carbocycles. The van der Waals surface area contributed by atoms with Crippen LogP contribution in [0.25, 0.3) is 11.3 Å². The number of hydrogen-bond acceptors (Lipinski definition) is 4. The van der Waals surface area contributed by atoms with Crippen molar-refractivity contribution in [2.45, 2.75) is 19.9 Å². The Labute approximate surface area is 123 Å². The van der Waals surface area contributed by atoms with E-state index in [0.29, 0.717) is 18.1 Å². The molecule has 110 valence electrons. The molecular weight excluding hydrogens is 268 g/mol. The van der Waals surface area contributed by atoms with Gasteiger partial charge in [0.25, 0.3) is 0 Å². The van der Waals surface area contributed by atoms with Crippen LogP contribution in [0.5, 0.6) is 0 Å². The van der Waals surface area contributed by atoms with Gasteiger partial charge in [0.1, 0.15) is 0 Å². The quantitative estimate of drug-likeness (QED) is 0.941. The van der Waals surface area contributed by atoms with Gasteiger partial charge in [0, 0.05) is 36.4 Å². The van der Waals surface area contributed by atoms with Crippen molar-refractivity contribution in [3.63, 3.8) is 0 Å². The molecule has 2 heterocycles. The lowest BCUT2D eigenvalue weighted by atomic mass is 10.1. The second kappa shape index (κ2) is 5.12. The van der Waals surface area contributed by atoms with Gasteiger partial charge in [-0.2, -0.15) is 0 Å². The second-order valence-corrected chi connectivity index (χ2v) is 5.39. The van der Waals surface area contributed by atoms with Crippen LogP contribution in [-0.4, -0.2) is 35.2 Å². The average molecular weight is 286 g/mol. The van der Waals surface area contributed by atoms with Crippen LogP contribution < -0.4 is 10.6 Å². The van der Waals surface area contributed by atoms with Crippen LogP contribution in [0.4, 0.5) is 16.3 Å². The summed E-state index contributed by atoms with van der Waals surface area (Å²) in [7, 11) is 0.